The number of hydrogen-bond acceptors (Lipinski definition) is 5. The molecule has 0 aliphatic carbocycles. The van der Waals surface area contributed by atoms with Crippen LogP contribution < -0.4 is 10.1 Å². The number of fused-ring (bicyclic) bond motifs is 1. The summed E-state index contributed by atoms with van der Waals surface area (Å²) in [6.45, 7) is 6.15. The SMILES string of the molecule is CCCCCCCNC1CCN(C[C@H](O)c2ccnc3ccc(OC)cc23)CC1. The number of aromatic nitrogens is 1. The average molecular weight is 400 g/mol. The predicted molar refractivity (Wildman–Crippen MR) is 119 cm³/mol. The molecule has 2 N–H and O–H groups in total. The second-order valence-corrected chi connectivity index (χ2v) is 8.24. The van der Waals surface area contributed by atoms with E-state index in [4.69, 9.17) is 4.74 Å². The van der Waals surface area contributed by atoms with Gasteiger partial charge in [-0.3, -0.25) is 4.98 Å². The topological polar surface area (TPSA) is 57.6 Å². The monoisotopic (exact) mass is 399 g/mol. The molecule has 0 amide bonds. The molecule has 1 atom stereocenters. The van der Waals surface area contributed by atoms with E-state index in [1.165, 1.54) is 32.1 Å². The Hall–Kier alpha value is -1.69. The lowest BCUT2D eigenvalue weighted by Gasteiger charge is -2.33. The van der Waals surface area contributed by atoms with Crippen LogP contribution in [-0.4, -0.2) is 54.3 Å². The summed E-state index contributed by atoms with van der Waals surface area (Å²) in [5.74, 6) is 0.792. The van der Waals surface area contributed by atoms with Crippen LogP contribution in [0.15, 0.2) is 30.5 Å². The number of unbranched alkanes of at least 4 members (excludes halogenated alkanes) is 4. The first-order chi connectivity index (χ1) is 14.2. The number of nitrogens with one attached hydrogen (secondary N) is 1. The van der Waals surface area contributed by atoms with Gasteiger partial charge in [-0.2, -0.15) is 0 Å². The van der Waals surface area contributed by atoms with Gasteiger partial charge in [-0.25, -0.2) is 0 Å². The van der Waals surface area contributed by atoms with Gasteiger partial charge in [0.05, 0.1) is 18.7 Å². The standard InChI is InChI=1S/C24H37N3O2/c1-3-4-5-6-7-13-25-19-11-15-27(16-12-19)18-24(28)21-10-14-26-23-9-8-20(29-2)17-22(21)23/h8-10,14,17,19,24-25,28H,3-7,11-13,15-16,18H2,1-2H3/t24-/m0/s1. The highest BCUT2D eigenvalue weighted by atomic mass is 16.5. The molecular weight excluding hydrogens is 362 g/mol. The fourth-order valence-corrected chi connectivity index (χ4v) is 4.26. The average Bonchev–Trinajstić information content (AvgIpc) is 2.76. The molecule has 1 aromatic heterocycles. The van der Waals surface area contributed by atoms with Gasteiger partial charge >= 0.3 is 0 Å². The van der Waals surface area contributed by atoms with Gasteiger partial charge in [-0.05, 0) is 68.7 Å². The van der Waals surface area contributed by atoms with E-state index in [-0.39, 0.29) is 0 Å². The van der Waals surface area contributed by atoms with E-state index in [1.807, 2.05) is 24.3 Å². The first-order valence-corrected chi connectivity index (χ1v) is 11.3. The van der Waals surface area contributed by atoms with E-state index in [2.05, 4.69) is 22.1 Å². The second-order valence-electron chi connectivity index (χ2n) is 8.24. The van der Waals surface area contributed by atoms with Crippen molar-refractivity contribution in [3.05, 3.63) is 36.0 Å². The lowest BCUT2D eigenvalue weighted by atomic mass is 10.0. The zero-order valence-electron chi connectivity index (χ0n) is 18.1. The number of aliphatic hydroxyl groups excluding tert-OH is 1. The maximum absolute atomic E-state index is 10.9. The lowest BCUT2D eigenvalue weighted by molar-refractivity contribution is 0.0950. The second kappa shape index (κ2) is 11.5. The van der Waals surface area contributed by atoms with E-state index in [9.17, 15) is 5.11 Å². The Kier molecular flexibility index (Phi) is 8.71. The van der Waals surface area contributed by atoms with Gasteiger partial charge in [0.2, 0.25) is 0 Å². The molecule has 1 fully saturated rings. The molecule has 0 unspecified atom stereocenters. The molecule has 3 rings (SSSR count). The quantitative estimate of drug-likeness (QED) is 0.552. The molecule has 1 aliphatic rings. The maximum atomic E-state index is 10.9. The molecular formula is C24H37N3O2. The first kappa shape index (κ1) is 22.0. The third kappa shape index (κ3) is 6.39. The minimum atomic E-state index is -0.518. The van der Waals surface area contributed by atoms with Gasteiger partial charge in [0, 0.05) is 24.2 Å². The fraction of sp³-hybridized carbons (Fsp3) is 0.625. The Balaban J connectivity index is 1.46. The number of likely N-dealkylation sites (tertiary alicyclic amines) is 1. The molecule has 0 bridgehead atoms. The van der Waals surface area contributed by atoms with E-state index < -0.39 is 6.10 Å². The van der Waals surface area contributed by atoms with Crippen molar-refractivity contribution in [2.45, 2.75) is 64.0 Å². The molecule has 5 heteroatoms. The van der Waals surface area contributed by atoms with Crippen molar-refractivity contribution in [1.82, 2.24) is 15.2 Å². The zero-order chi connectivity index (χ0) is 20.5. The van der Waals surface area contributed by atoms with Gasteiger partial charge in [0.15, 0.2) is 0 Å². The summed E-state index contributed by atoms with van der Waals surface area (Å²) in [4.78, 5) is 6.81. The minimum Gasteiger partial charge on any atom is -0.497 e. The van der Waals surface area contributed by atoms with Gasteiger partial charge < -0.3 is 20.1 Å². The third-order valence-electron chi connectivity index (χ3n) is 6.07. The van der Waals surface area contributed by atoms with Crippen LogP contribution in [0.25, 0.3) is 10.9 Å². The molecule has 0 saturated carbocycles. The van der Waals surface area contributed by atoms with Crippen LogP contribution in [0, 0.1) is 0 Å². The van der Waals surface area contributed by atoms with E-state index in [0.717, 1.165) is 54.7 Å². The Morgan fingerprint density at radius 1 is 1.17 bits per heavy atom. The van der Waals surface area contributed by atoms with Crippen molar-refractivity contribution >= 4 is 10.9 Å². The molecule has 0 spiro atoms. The number of pyridine rings is 1. The molecule has 5 nitrogen and oxygen atoms in total. The van der Waals surface area contributed by atoms with Gasteiger partial charge in [0.25, 0.3) is 0 Å². The van der Waals surface area contributed by atoms with Crippen molar-refractivity contribution in [3.63, 3.8) is 0 Å². The number of β-amino-alcohol motifs (C(OH)–C–C–N with tert-alkyl or cyclic N) is 1. The Bertz CT molecular complexity index is 744. The van der Waals surface area contributed by atoms with Crippen molar-refractivity contribution < 1.29 is 9.84 Å². The molecule has 1 aromatic carbocycles. The third-order valence-corrected chi connectivity index (χ3v) is 6.07. The summed E-state index contributed by atoms with van der Waals surface area (Å²) in [5.41, 5.74) is 1.82. The van der Waals surface area contributed by atoms with Crippen LogP contribution >= 0.6 is 0 Å². The molecule has 2 aromatic rings. The molecule has 29 heavy (non-hydrogen) atoms. The smallest absolute Gasteiger partial charge is 0.119 e. The van der Waals surface area contributed by atoms with E-state index >= 15 is 0 Å². The molecule has 2 heterocycles. The highest BCUT2D eigenvalue weighted by molar-refractivity contribution is 5.83. The predicted octanol–water partition coefficient (Wildman–Crippen LogP) is 4.30. The summed E-state index contributed by atoms with van der Waals surface area (Å²) in [7, 11) is 1.66. The Morgan fingerprint density at radius 3 is 2.72 bits per heavy atom. The molecule has 160 valence electrons. The Labute approximate surface area is 175 Å². The Morgan fingerprint density at radius 2 is 1.97 bits per heavy atom. The number of piperidine rings is 1. The first-order valence-electron chi connectivity index (χ1n) is 11.3. The molecule has 1 saturated heterocycles. The zero-order valence-corrected chi connectivity index (χ0v) is 18.1. The molecule has 0 radical (unpaired) electrons. The van der Waals surface area contributed by atoms with Crippen LogP contribution in [-0.2, 0) is 0 Å². The van der Waals surface area contributed by atoms with Crippen molar-refractivity contribution in [2.24, 2.45) is 0 Å². The molecule has 1 aliphatic heterocycles. The summed E-state index contributed by atoms with van der Waals surface area (Å²) in [5, 5.41) is 15.6. The summed E-state index contributed by atoms with van der Waals surface area (Å²) < 4.78 is 5.35. The fourth-order valence-electron chi connectivity index (χ4n) is 4.26. The maximum Gasteiger partial charge on any atom is 0.119 e. The van der Waals surface area contributed by atoms with Gasteiger partial charge in [-0.1, -0.05) is 32.6 Å². The van der Waals surface area contributed by atoms with Gasteiger partial charge in [0.1, 0.15) is 5.75 Å². The number of benzene rings is 1. The number of ether oxygens (including phenoxy) is 1. The summed E-state index contributed by atoms with van der Waals surface area (Å²) in [6, 6.07) is 8.38. The van der Waals surface area contributed by atoms with Crippen molar-refractivity contribution in [1.29, 1.82) is 0 Å². The van der Waals surface area contributed by atoms with Crippen LogP contribution in [0.2, 0.25) is 0 Å². The highest BCUT2D eigenvalue weighted by Crippen LogP contribution is 2.27. The number of rotatable bonds is 11. The number of aliphatic hydroxyl groups is 1. The van der Waals surface area contributed by atoms with Crippen molar-refractivity contribution in [3.8, 4) is 5.75 Å². The minimum absolute atomic E-state index is 0.518. The number of nitrogens with zero attached hydrogens (tertiary/aromatic N) is 2. The number of hydrogen-bond donors (Lipinski definition) is 2. The van der Waals surface area contributed by atoms with Gasteiger partial charge in [-0.15, -0.1) is 0 Å². The van der Waals surface area contributed by atoms with Crippen LogP contribution in [0.5, 0.6) is 5.75 Å². The number of methoxy groups -OCH3 is 1. The summed E-state index contributed by atoms with van der Waals surface area (Å²) >= 11 is 0. The largest absolute Gasteiger partial charge is 0.497 e. The van der Waals surface area contributed by atoms with Crippen LogP contribution in [0.4, 0.5) is 0 Å². The lowest BCUT2D eigenvalue weighted by Crippen LogP contribution is -2.44. The van der Waals surface area contributed by atoms with Crippen molar-refractivity contribution in [2.75, 3.05) is 33.3 Å². The summed E-state index contributed by atoms with van der Waals surface area (Å²) in [6.07, 6.45) is 10.2. The van der Waals surface area contributed by atoms with E-state index in [1.54, 1.807) is 13.3 Å². The normalized spacial score (nSPS) is 16.9. The van der Waals surface area contributed by atoms with Crippen LogP contribution in [0.3, 0.4) is 0 Å². The van der Waals surface area contributed by atoms with E-state index in [0.29, 0.717) is 12.6 Å². The highest BCUT2D eigenvalue weighted by Gasteiger charge is 2.22. The van der Waals surface area contributed by atoms with Crippen LogP contribution in [0.1, 0.15) is 63.5 Å².